The lowest BCUT2D eigenvalue weighted by molar-refractivity contribution is 0.0326. The number of hydrogen-bond acceptors (Lipinski definition) is 0. The Morgan fingerprint density at radius 3 is 1.58 bits per heavy atom. The second-order valence-electron chi connectivity index (χ2n) is 9.04. The summed E-state index contributed by atoms with van der Waals surface area (Å²) >= 11 is 0. The fourth-order valence-corrected chi connectivity index (χ4v) is 3.03. The van der Waals surface area contributed by atoms with Crippen LogP contribution in [-0.4, -0.2) is 0 Å². The zero-order chi connectivity index (χ0) is 15.5. The van der Waals surface area contributed by atoms with E-state index in [-0.39, 0.29) is 0 Å². The average Bonchev–Trinajstić information content (AvgIpc) is 2.25. The smallest absolute Gasteiger partial charge is 0.0275 e. The Labute approximate surface area is 123 Å². The average molecular weight is 269 g/mol. The molecular formula is C19H40. The first kappa shape index (κ1) is 19.0. The van der Waals surface area contributed by atoms with Crippen LogP contribution in [0, 0.1) is 28.1 Å². The van der Waals surface area contributed by atoms with Crippen LogP contribution in [0.4, 0.5) is 0 Å². The Hall–Kier alpha value is 0. The van der Waals surface area contributed by atoms with E-state index in [2.05, 4.69) is 69.2 Å². The second-order valence-corrected chi connectivity index (χ2v) is 9.04. The second kappa shape index (κ2) is 6.64. The highest BCUT2D eigenvalue weighted by atomic mass is 14.5. The van der Waals surface area contributed by atoms with Crippen molar-refractivity contribution in [1.82, 2.24) is 0 Å². The Morgan fingerprint density at radius 1 is 0.789 bits per heavy atom. The lowest BCUT2D eigenvalue weighted by atomic mass is 9.58. The van der Waals surface area contributed by atoms with E-state index in [4.69, 9.17) is 0 Å². The first-order chi connectivity index (χ1) is 8.38. The summed E-state index contributed by atoms with van der Waals surface area (Å²) in [5.74, 6) is 1.56. The predicted octanol–water partition coefficient (Wildman–Crippen LogP) is 6.94. The topological polar surface area (TPSA) is 0 Å². The summed E-state index contributed by atoms with van der Waals surface area (Å²) in [5.41, 5.74) is 1.36. The Bertz CT molecular complexity index is 257. The van der Waals surface area contributed by atoms with Gasteiger partial charge >= 0.3 is 0 Å². The SMILES string of the molecule is CCC(C)(CC(C)C)C(C)(C)CCC(C)(C)C(C)C. The van der Waals surface area contributed by atoms with Gasteiger partial charge in [-0.05, 0) is 47.3 Å². The summed E-state index contributed by atoms with van der Waals surface area (Å²) in [6.45, 7) is 24.2. The Morgan fingerprint density at radius 2 is 1.26 bits per heavy atom. The van der Waals surface area contributed by atoms with E-state index in [1.54, 1.807) is 0 Å². The fourth-order valence-electron chi connectivity index (χ4n) is 3.03. The molecule has 0 aliphatic heterocycles. The van der Waals surface area contributed by atoms with Gasteiger partial charge in [0, 0.05) is 0 Å². The third-order valence-electron chi connectivity index (χ3n) is 6.23. The summed E-state index contributed by atoms with van der Waals surface area (Å²) in [6, 6.07) is 0. The van der Waals surface area contributed by atoms with Gasteiger partial charge in [-0.2, -0.15) is 0 Å². The molecule has 0 N–H and O–H groups in total. The predicted molar refractivity (Wildman–Crippen MR) is 89.5 cm³/mol. The van der Waals surface area contributed by atoms with Crippen molar-refractivity contribution in [3.05, 3.63) is 0 Å². The van der Waals surface area contributed by atoms with Crippen molar-refractivity contribution < 1.29 is 0 Å². The molecule has 0 aromatic carbocycles. The van der Waals surface area contributed by atoms with Gasteiger partial charge in [0.15, 0.2) is 0 Å². The molecule has 0 spiro atoms. The maximum Gasteiger partial charge on any atom is -0.0275 e. The van der Waals surface area contributed by atoms with Crippen LogP contribution in [0.1, 0.15) is 94.9 Å². The molecule has 0 aliphatic carbocycles. The van der Waals surface area contributed by atoms with Crippen molar-refractivity contribution in [1.29, 1.82) is 0 Å². The molecule has 19 heavy (non-hydrogen) atoms. The maximum absolute atomic E-state index is 2.51. The molecule has 0 heterocycles. The molecule has 0 aromatic rings. The van der Waals surface area contributed by atoms with Gasteiger partial charge < -0.3 is 0 Å². The van der Waals surface area contributed by atoms with Crippen molar-refractivity contribution in [2.45, 2.75) is 94.9 Å². The van der Waals surface area contributed by atoms with Gasteiger partial charge in [-0.1, -0.05) is 75.7 Å². The summed E-state index contributed by atoms with van der Waals surface area (Å²) in [5, 5.41) is 0. The summed E-state index contributed by atoms with van der Waals surface area (Å²) in [4.78, 5) is 0. The third-order valence-corrected chi connectivity index (χ3v) is 6.23. The lowest BCUT2D eigenvalue weighted by Gasteiger charge is -2.47. The molecule has 0 amide bonds. The van der Waals surface area contributed by atoms with Crippen molar-refractivity contribution >= 4 is 0 Å². The molecule has 1 atom stereocenters. The Balaban J connectivity index is 4.85. The number of hydrogen-bond donors (Lipinski definition) is 0. The first-order valence-corrected chi connectivity index (χ1v) is 8.38. The van der Waals surface area contributed by atoms with Crippen LogP contribution >= 0.6 is 0 Å². The molecule has 0 radical (unpaired) electrons. The first-order valence-electron chi connectivity index (χ1n) is 8.38. The van der Waals surface area contributed by atoms with Gasteiger partial charge in [0.2, 0.25) is 0 Å². The lowest BCUT2D eigenvalue weighted by Crippen LogP contribution is -2.37. The van der Waals surface area contributed by atoms with Crippen molar-refractivity contribution in [2.75, 3.05) is 0 Å². The minimum atomic E-state index is 0.429. The molecule has 0 bridgehead atoms. The van der Waals surface area contributed by atoms with Crippen LogP contribution < -0.4 is 0 Å². The van der Waals surface area contributed by atoms with E-state index >= 15 is 0 Å². The van der Waals surface area contributed by atoms with E-state index in [1.807, 2.05) is 0 Å². The van der Waals surface area contributed by atoms with E-state index in [0.29, 0.717) is 16.2 Å². The van der Waals surface area contributed by atoms with E-state index < -0.39 is 0 Å². The van der Waals surface area contributed by atoms with Crippen molar-refractivity contribution in [3.63, 3.8) is 0 Å². The van der Waals surface area contributed by atoms with Crippen LogP contribution in [0.15, 0.2) is 0 Å². The van der Waals surface area contributed by atoms with Crippen LogP contribution in [-0.2, 0) is 0 Å². The Kier molecular flexibility index (Phi) is 6.64. The van der Waals surface area contributed by atoms with Gasteiger partial charge in [0.25, 0.3) is 0 Å². The molecular weight excluding hydrogens is 228 g/mol. The molecule has 0 fully saturated rings. The van der Waals surface area contributed by atoms with Crippen LogP contribution in [0.5, 0.6) is 0 Å². The van der Waals surface area contributed by atoms with E-state index in [1.165, 1.54) is 25.7 Å². The zero-order valence-corrected chi connectivity index (χ0v) is 15.5. The highest BCUT2D eigenvalue weighted by molar-refractivity contribution is 4.90. The summed E-state index contributed by atoms with van der Waals surface area (Å²) < 4.78 is 0. The third kappa shape index (κ3) is 5.12. The summed E-state index contributed by atoms with van der Waals surface area (Å²) in [6.07, 6.45) is 5.32. The highest BCUT2D eigenvalue weighted by Crippen LogP contribution is 2.50. The van der Waals surface area contributed by atoms with Crippen molar-refractivity contribution in [3.8, 4) is 0 Å². The molecule has 0 nitrogen and oxygen atoms in total. The van der Waals surface area contributed by atoms with E-state index in [0.717, 1.165) is 11.8 Å². The van der Waals surface area contributed by atoms with Crippen LogP contribution in [0.25, 0.3) is 0 Å². The quantitative estimate of drug-likeness (QED) is 0.447. The highest BCUT2D eigenvalue weighted by Gasteiger charge is 2.40. The number of rotatable bonds is 8. The van der Waals surface area contributed by atoms with Gasteiger partial charge in [-0.3, -0.25) is 0 Å². The van der Waals surface area contributed by atoms with Gasteiger partial charge in [-0.25, -0.2) is 0 Å². The van der Waals surface area contributed by atoms with Gasteiger partial charge in [-0.15, -0.1) is 0 Å². The zero-order valence-electron chi connectivity index (χ0n) is 15.5. The summed E-state index contributed by atoms with van der Waals surface area (Å²) in [7, 11) is 0. The fraction of sp³-hybridized carbons (Fsp3) is 1.00. The van der Waals surface area contributed by atoms with Crippen molar-refractivity contribution in [2.24, 2.45) is 28.1 Å². The molecule has 0 aromatic heterocycles. The van der Waals surface area contributed by atoms with E-state index in [9.17, 15) is 0 Å². The van der Waals surface area contributed by atoms with Crippen LogP contribution in [0.3, 0.4) is 0 Å². The van der Waals surface area contributed by atoms with Crippen LogP contribution in [0.2, 0.25) is 0 Å². The largest absolute Gasteiger partial charge is 0.0648 e. The molecule has 0 saturated heterocycles. The molecule has 0 saturated carbocycles. The van der Waals surface area contributed by atoms with Gasteiger partial charge in [0.05, 0.1) is 0 Å². The molecule has 1 unspecified atom stereocenters. The standard InChI is InChI=1S/C19H40/c1-11-19(10,14-15(2)3)18(8,9)13-12-17(6,7)16(4)5/h15-16H,11-14H2,1-10H3. The van der Waals surface area contributed by atoms with Gasteiger partial charge in [0.1, 0.15) is 0 Å². The molecule has 0 aliphatic rings. The molecule has 0 heteroatoms. The molecule has 116 valence electrons. The monoisotopic (exact) mass is 268 g/mol. The normalized spacial score (nSPS) is 17.1. The maximum atomic E-state index is 2.51. The minimum absolute atomic E-state index is 0.429. The minimum Gasteiger partial charge on any atom is -0.0648 e. The molecule has 0 rings (SSSR count).